The third-order valence-corrected chi connectivity index (χ3v) is 17.9. The second-order valence-electron chi connectivity index (χ2n) is 23.7. The molecule has 65 heavy (non-hydrogen) atoms. The summed E-state index contributed by atoms with van der Waals surface area (Å²) >= 11 is 0. The lowest BCUT2D eigenvalue weighted by Crippen LogP contribution is -2.52. The van der Waals surface area contributed by atoms with Crippen LogP contribution >= 0.6 is 0 Å². The molecule has 3 nitrogen and oxygen atoms in total. The largest absolute Gasteiger partial charge is 0.455 e. The first kappa shape index (κ1) is 38.3. The maximum absolute atomic E-state index is 7.17. The molecule has 5 aliphatic rings. The van der Waals surface area contributed by atoms with Crippen LogP contribution in [-0.4, -0.2) is 11.3 Å². The van der Waals surface area contributed by atoms with Crippen molar-refractivity contribution in [3.05, 3.63) is 154 Å². The standard InChI is InChI=1S/C61H57BN2O/c1-57(2)26-27-58(3,4)44-30-35(23-24-42(44)57)63-48-32-40-37-18-13-14-21-49(37)65-55(40)51-39-20-15-19-38-50-36-17-12-11-16-34(36)22-25-47(50)64(53(38)39)62(52(48)51)56-54(63)41-31-45-46(33-43(41)61(56,9)10)60(7,8)29-28-59(45,5)6/h11-25,30-33H,26-29H2,1-10H3. The minimum atomic E-state index is -0.306. The van der Waals surface area contributed by atoms with Crippen LogP contribution in [0.25, 0.3) is 71.3 Å². The number of allylic oxidation sites excluding steroid dienone is 1. The van der Waals surface area contributed by atoms with Crippen molar-refractivity contribution in [1.82, 2.24) is 4.48 Å². The van der Waals surface area contributed by atoms with Gasteiger partial charge >= 0.3 is 6.85 Å². The number of hydrogen-bond donors (Lipinski definition) is 0. The number of aromatic nitrogens is 1. The summed E-state index contributed by atoms with van der Waals surface area (Å²) in [7, 11) is 0. The number of rotatable bonds is 1. The Kier molecular flexibility index (Phi) is 6.99. The molecule has 4 heteroatoms. The maximum Gasteiger partial charge on any atom is 0.329 e. The van der Waals surface area contributed by atoms with Crippen molar-refractivity contribution < 1.29 is 4.42 Å². The molecule has 0 saturated carbocycles. The number of para-hydroxylation sites is 2. The summed E-state index contributed by atoms with van der Waals surface area (Å²) in [6.07, 6.45) is 4.73. The molecule has 0 unspecified atom stereocenters. The Morgan fingerprint density at radius 3 is 1.92 bits per heavy atom. The van der Waals surface area contributed by atoms with Gasteiger partial charge in [0, 0.05) is 71.8 Å². The van der Waals surface area contributed by atoms with Gasteiger partial charge in [0.2, 0.25) is 0 Å². The molecular formula is C61H57BN2O. The molecule has 0 fully saturated rings. The van der Waals surface area contributed by atoms with Crippen LogP contribution in [0, 0.1) is 0 Å². The predicted molar refractivity (Wildman–Crippen MR) is 276 cm³/mol. The zero-order chi connectivity index (χ0) is 44.5. The Hall–Kier alpha value is -6.00. The van der Waals surface area contributed by atoms with E-state index in [4.69, 9.17) is 4.42 Å². The summed E-state index contributed by atoms with van der Waals surface area (Å²) in [5.74, 6) is 0. The molecule has 14 rings (SSSR count). The van der Waals surface area contributed by atoms with Crippen LogP contribution in [0.1, 0.15) is 128 Å². The molecule has 7 aromatic carbocycles. The highest BCUT2D eigenvalue weighted by Gasteiger charge is 2.55. The Morgan fingerprint density at radius 2 is 1.17 bits per heavy atom. The topological polar surface area (TPSA) is 21.3 Å². The summed E-state index contributed by atoms with van der Waals surface area (Å²) in [6, 6.07) is 45.0. The molecule has 0 saturated heterocycles. The molecule has 0 spiro atoms. The average Bonchev–Trinajstić information content (AvgIpc) is 3.91. The van der Waals surface area contributed by atoms with Crippen molar-refractivity contribution in [2.75, 3.05) is 4.90 Å². The SMILES string of the molecule is CC1(C)CCC(C)(C)c2cc(N3C4=C(B5c6c3cc3c(oc7ccccc73)c6-c3cccc6c7c8ccccc8ccc7n5c36)C(C)(C)c3cc5c(cc34)C(C)(C)CCC5(C)C)ccc21. The number of nitrogens with zero attached hydrogens (tertiary/aromatic N) is 2. The fraction of sp³-hybridized carbons (Fsp3) is 0.311. The lowest BCUT2D eigenvalue weighted by molar-refractivity contribution is 0.331. The normalized spacial score (nSPS) is 20.1. The highest BCUT2D eigenvalue weighted by atomic mass is 16.3. The molecule has 9 aromatic rings. The summed E-state index contributed by atoms with van der Waals surface area (Å²) in [5.41, 5.74) is 22.6. The third-order valence-electron chi connectivity index (χ3n) is 17.9. The van der Waals surface area contributed by atoms with Gasteiger partial charge in [-0.05, 0) is 133 Å². The second-order valence-corrected chi connectivity index (χ2v) is 23.7. The van der Waals surface area contributed by atoms with Gasteiger partial charge < -0.3 is 13.8 Å². The summed E-state index contributed by atoms with van der Waals surface area (Å²) in [4.78, 5) is 2.75. The molecule has 0 bridgehead atoms. The Balaban J connectivity index is 1.20. The number of fused-ring (bicyclic) bond motifs is 16. The van der Waals surface area contributed by atoms with E-state index in [2.05, 4.69) is 194 Å². The fourth-order valence-electron chi connectivity index (χ4n) is 14.1. The zero-order valence-corrected chi connectivity index (χ0v) is 39.7. The number of hydrogen-bond acceptors (Lipinski definition) is 2. The molecule has 0 amide bonds. The first-order valence-electron chi connectivity index (χ1n) is 24.3. The Bertz CT molecular complexity index is 3710. The first-order chi connectivity index (χ1) is 31.0. The van der Waals surface area contributed by atoms with Crippen molar-refractivity contribution >= 4 is 83.9 Å². The lowest BCUT2D eigenvalue weighted by atomic mass is 9.40. The second kappa shape index (κ2) is 11.9. The lowest BCUT2D eigenvalue weighted by Gasteiger charge is -2.45. The molecule has 2 aliphatic heterocycles. The van der Waals surface area contributed by atoms with Crippen LogP contribution in [-0.2, 0) is 27.1 Å². The zero-order valence-electron chi connectivity index (χ0n) is 39.7. The highest BCUT2D eigenvalue weighted by molar-refractivity contribution is 6.86. The monoisotopic (exact) mass is 844 g/mol. The molecule has 2 aromatic heterocycles. The third kappa shape index (κ3) is 4.64. The van der Waals surface area contributed by atoms with Crippen LogP contribution in [0.15, 0.2) is 125 Å². The van der Waals surface area contributed by atoms with E-state index in [1.807, 2.05) is 0 Å². The van der Waals surface area contributed by atoms with Crippen molar-refractivity contribution in [2.24, 2.45) is 0 Å². The van der Waals surface area contributed by atoms with Crippen LogP contribution in [0.2, 0.25) is 0 Å². The van der Waals surface area contributed by atoms with Gasteiger partial charge in [0.1, 0.15) is 11.2 Å². The number of anilines is 2. The highest BCUT2D eigenvalue weighted by Crippen LogP contribution is 2.61. The average molecular weight is 845 g/mol. The molecular weight excluding hydrogens is 787 g/mol. The van der Waals surface area contributed by atoms with Gasteiger partial charge in [0.05, 0.1) is 0 Å². The van der Waals surface area contributed by atoms with Crippen LogP contribution in [0.3, 0.4) is 0 Å². The van der Waals surface area contributed by atoms with Crippen LogP contribution in [0.5, 0.6) is 0 Å². The van der Waals surface area contributed by atoms with E-state index >= 15 is 0 Å². The minimum Gasteiger partial charge on any atom is -0.455 e. The smallest absolute Gasteiger partial charge is 0.329 e. The van der Waals surface area contributed by atoms with Crippen molar-refractivity contribution in [1.29, 1.82) is 0 Å². The molecule has 320 valence electrons. The van der Waals surface area contributed by atoms with Gasteiger partial charge in [-0.15, -0.1) is 0 Å². The van der Waals surface area contributed by atoms with Crippen molar-refractivity contribution in [3.63, 3.8) is 0 Å². The summed E-state index contributed by atoms with van der Waals surface area (Å²) < 4.78 is 9.95. The molecule has 0 atom stereocenters. The molecule has 0 N–H and O–H groups in total. The quantitative estimate of drug-likeness (QED) is 0.154. The van der Waals surface area contributed by atoms with E-state index in [1.54, 1.807) is 0 Å². The van der Waals surface area contributed by atoms with E-state index < -0.39 is 0 Å². The number of furan rings is 1. The molecule has 4 heterocycles. The van der Waals surface area contributed by atoms with Crippen molar-refractivity contribution in [2.45, 2.75) is 122 Å². The first-order valence-corrected chi connectivity index (χ1v) is 24.3. The minimum absolute atomic E-state index is 0.0550. The van der Waals surface area contributed by atoms with Gasteiger partial charge in [0.15, 0.2) is 0 Å². The van der Waals surface area contributed by atoms with Crippen LogP contribution in [0.4, 0.5) is 11.4 Å². The summed E-state index contributed by atoms with van der Waals surface area (Å²) in [6.45, 7) is 24.8. The fourth-order valence-corrected chi connectivity index (χ4v) is 14.1. The van der Waals surface area contributed by atoms with E-state index in [0.29, 0.717) is 0 Å². The van der Waals surface area contributed by atoms with Gasteiger partial charge in [-0.25, -0.2) is 0 Å². The van der Waals surface area contributed by atoms with Gasteiger partial charge in [-0.2, -0.15) is 0 Å². The van der Waals surface area contributed by atoms with Gasteiger partial charge in [-0.1, -0.05) is 148 Å². The van der Waals surface area contributed by atoms with Gasteiger partial charge in [-0.3, -0.25) is 0 Å². The van der Waals surface area contributed by atoms with Crippen LogP contribution < -0.4 is 10.4 Å². The molecule has 0 radical (unpaired) electrons. The van der Waals surface area contributed by atoms with Crippen molar-refractivity contribution in [3.8, 4) is 11.1 Å². The van der Waals surface area contributed by atoms with E-state index in [-0.39, 0.29) is 33.9 Å². The summed E-state index contributed by atoms with van der Waals surface area (Å²) in [5, 5.41) is 7.58. The van der Waals surface area contributed by atoms with E-state index in [1.165, 1.54) is 142 Å². The van der Waals surface area contributed by atoms with Gasteiger partial charge in [0.25, 0.3) is 0 Å². The molecule has 3 aliphatic carbocycles. The Labute approximate surface area is 383 Å². The van der Waals surface area contributed by atoms with E-state index in [0.717, 1.165) is 11.2 Å². The number of benzene rings is 7. The van der Waals surface area contributed by atoms with E-state index in [9.17, 15) is 0 Å². The Morgan fingerprint density at radius 1 is 0.523 bits per heavy atom. The predicted octanol–water partition coefficient (Wildman–Crippen LogP) is 15.7. The maximum atomic E-state index is 7.17.